The third kappa shape index (κ3) is 5.89. The van der Waals surface area contributed by atoms with Crippen LogP contribution in [0, 0.1) is 5.92 Å². The van der Waals surface area contributed by atoms with Gasteiger partial charge < -0.3 is 25.4 Å². The maximum absolute atomic E-state index is 13.1. The van der Waals surface area contributed by atoms with Crippen LogP contribution in [0.1, 0.15) is 32.1 Å². The predicted molar refractivity (Wildman–Crippen MR) is 81.4 cm³/mol. The molecule has 1 fully saturated rings. The monoisotopic (exact) mass is 371 g/mol. The van der Waals surface area contributed by atoms with Crippen molar-refractivity contribution in [3.63, 3.8) is 0 Å². The van der Waals surface area contributed by atoms with Gasteiger partial charge in [-0.25, -0.2) is 8.78 Å². The number of aliphatic hydroxyl groups is 3. The van der Waals surface area contributed by atoms with E-state index in [2.05, 4.69) is 10.1 Å². The van der Waals surface area contributed by atoms with Crippen LogP contribution in [0.3, 0.4) is 0 Å². The molecule has 0 aromatic carbocycles. The summed E-state index contributed by atoms with van der Waals surface area (Å²) in [5.41, 5.74) is 0.0629. The molecule has 4 N–H and O–H groups in total. The molecule has 9 heteroatoms. The van der Waals surface area contributed by atoms with Crippen LogP contribution < -0.4 is 5.32 Å². The van der Waals surface area contributed by atoms with Crippen molar-refractivity contribution in [1.82, 2.24) is 5.32 Å². The van der Waals surface area contributed by atoms with Crippen molar-refractivity contribution in [2.24, 2.45) is 5.92 Å². The third-order valence-corrected chi connectivity index (χ3v) is 4.96. The highest BCUT2D eigenvalue weighted by molar-refractivity contribution is 5.21. The molecule has 2 aliphatic rings. The molecule has 0 saturated heterocycles. The van der Waals surface area contributed by atoms with Crippen molar-refractivity contribution in [2.45, 2.75) is 69.0 Å². The summed E-state index contributed by atoms with van der Waals surface area (Å²) < 4.78 is 54.7. The second kappa shape index (κ2) is 8.77. The van der Waals surface area contributed by atoms with Gasteiger partial charge in [0.15, 0.2) is 0 Å². The number of hydrogen-bond donors (Lipinski definition) is 4. The molecule has 0 aromatic heterocycles. The number of ether oxygens (including phenoxy) is 1. The van der Waals surface area contributed by atoms with E-state index in [9.17, 15) is 32.9 Å². The Kier molecular flexibility index (Phi) is 7.21. The van der Waals surface area contributed by atoms with Crippen molar-refractivity contribution in [2.75, 3.05) is 13.2 Å². The van der Waals surface area contributed by atoms with Crippen LogP contribution in [-0.4, -0.2) is 65.4 Å². The van der Waals surface area contributed by atoms with Gasteiger partial charge >= 0.3 is 6.61 Å². The maximum atomic E-state index is 13.1. The Balaban J connectivity index is 1.84. The number of hydrogen-bond acceptors (Lipinski definition) is 5. The van der Waals surface area contributed by atoms with Crippen LogP contribution >= 0.6 is 0 Å². The highest BCUT2D eigenvalue weighted by Gasteiger charge is 2.38. The van der Waals surface area contributed by atoms with Gasteiger partial charge in [0.05, 0.1) is 12.6 Å². The van der Waals surface area contributed by atoms with Crippen molar-refractivity contribution >= 4 is 0 Å². The van der Waals surface area contributed by atoms with E-state index in [0.29, 0.717) is 25.8 Å². The number of alkyl halides is 4. The number of nitrogens with one attached hydrogen (secondary N) is 1. The number of aliphatic hydroxyl groups excluding tert-OH is 3. The van der Waals surface area contributed by atoms with Gasteiger partial charge in [-0.15, -0.1) is 0 Å². The molecule has 0 bridgehead atoms. The predicted octanol–water partition coefficient (Wildman–Crippen LogP) is 1.42. The van der Waals surface area contributed by atoms with Gasteiger partial charge in [-0.3, -0.25) is 0 Å². The van der Waals surface area contributed by atoms with Gasteiger partial charge in [0, 0.05) is 12.8 Å². The average Bonchev–Trinajstić information content (AvgIpc) is 2.55. The molecule has 5 nitrogen and oxygen atoms in total. The molecule has 2 aliphatic carbocycles. The second-order valence-electron chi connectivity index (χ2n) is 6.81. The van der Waals surface area contributed by atoms with Crippen molar-refractivity contribution in [3.8, 4) is 0 Å². The maximum Gasteiger partial charge on any atom is 0.345 e. The van der Waals surface area contributed by atoms with Crippen LogP contribution in [0.15, 0.2) is 11.6 Å². The molecular formula is C16H25F4NO4. The van der Waals surface area contributed by atoms with E-state index < -0.39 is 43.5 Å². The molecule has 2 rings (SSSR count). The molecule has 0 amide bonds. The van der Waals surface area contributed by atoms with Gasteiger partial charge in [-0.2, -0.15) is 8.78 Å². The van der Waals surface area contributed by atoms with Crippen LogP contribution in [0.25, 0.3) is 0 Å². The summed E-state index contributed by atoms with van der Waals surface area (Å²) in [5, 5.41) is 32.6. The van der Waals surface area contributed by atoms with Gasteiger partial charge in [0.25, 0.3) is 0 Å². The Morgan fingerprint density at radius 2 is 1.80 bits per heavy atom. The van der Waals surface area contributed by atoms with Crippen LogP contribution in [0.5, 0.6) is 0 Å². The summed E-state index contributed by atoms with van der Waals surface area (Å²) in [5.74, 6) is -2.42. The Morgan fingerprint density at radius 1 is 1.16 bits per heavy atom. The zero-order chi connectivity index (χ0) is 18.6. The zero-order valence-electron chi connectivity index (χ0n) is 13.8. The van der Waals surface area contributed by atoms with Gasteiger partial charge in [-0.1, -0.05) is 6.08 Å². The lowest BCUT2D eigenvalue weighted by molar-refractivity contribution is -0.129. The SMILES string of the molecule is O[C@@H]1[C@@H](O)[C@@H](O)C(COC(F)F)=C[C@H]1NCCC1CCC(F)(F)CC1. The standard InChI is InChI=1S/C16H25F4NO4/c17-15(18)25-8-10-7-11(13(23)14(24)12(10)22)21-6-3-9-1-4-16(19,20)5-2-9/h7,9,11-15,21-24H,1-6,8H2/t11-,12+,13+,14+/m1/s1. The highest BCUT2D eigenvalue weighted by Crippen LogP contribution is 2.37. The third-order valence-electron chi connectivity index (χ3n) is 4.96. The van der Waals surface area contributed by atoms with Gasteiger partial charge in [0.1, 0.15) is 18.3 Å². The second-order valence-corrected chi connectivity index (χ2v) is 6.81. The first-order valence-corrected chi connectivity index (χ1v) is 8.45. The summed E-state index contributed by atoms with van der Waals surface area (Å²) in [6.45, 7) is -3.15. The van der Waals surface area contributed by atoms with E-state index in [1.54, 1.807) is 0 Å². The number of halogens is 4. The fourth-order valence-electron chi connectivity index (χ4n) is 3.36. The normalized spacial score (nSPS) is 33.5. The molecule has 25 heavy (non-hydrogen) atoms. The first kappa shape index (κ1) is 20.6. The van der Waals surface area contributed by atoms with Crippen molar-refractivity contribution in [1.29, 1.82) is 0 Å². The van der Waals surface area contributed by atoms with E-state index in [0.717, 1.165) is 0 Å². The van der Waals surface area contributed by atoms with Crippen molar-refractivity contribution < 1.29 is 37.6 Å². The summed E-state index contributed by atoms with van der Waals surface area (Å²) in [4.78, 5) is 0. The summed E-state index contributed by atoms with van der Waals surface area (Å²) >= 11 is 0. The molecule has 0 spiro atoms. The molecule has 0 radical (unpaired) electrons. The lowest BCUT2D eigenvalue weighted by atomic mass is 9.84. The minimum absolute atomic E-state index is 0.0629. The first-order valence-electron chi connectivity index (χ1n) is 8.45. The Labute approximate surface area is 143 Å². The van der Waals surface area contributed by atoms with Crippen LogP contribution in [0.2, 0.25) is 0 Å². The molecule has 4 atom stereocenters. The Hall–Kier alpha value is -0.740. The van der Waals surface area contributed by atoms with Crippen LogP contribution in [0.4, 0.5) is 17.6 Å². The largest absolute Gasteiger partial charge is 0.388 e. The summed E-state index contributed by atoms with van der Waals surface area (Å²) in [6.07, 6.45) is -1.67. The zero-order valence-corrected chi connectivity index (χ0v) is 13.8. The fourth-order valence-corrected chi connectivity index (χ4v) is 3.36. The molecule has 0 aromatic rings. The molecular weight excluding hydrogens is 346 g/mol. The first-order chi connectivity index (χ1) is 11.7. The minimum Gasteiger partial charge on any atom is -0.388 e. The number of rotatable bonds is 7. The van der Waals surface area contributed by atoms with E-state index in [4.69, 9.17) is 0 Å². The molecule has 0 unspecified atom stereocenters. The van der Waals surface area contributed by atoms with Crippen molar-refractivity contribution in [3.05, 3.63) is 11.6 Å². The Bertz CT molecular complexity index is 453. The fraction of sp³-hybridized carbons (Fsp3) is 0.875. The van der Waals surface area contributed by atoms with E-state index in [1.807, 2.05) is 0 Å². The molecule has 146 valence electrons. The summed E-state index contributed by atoms with van der Waals surface area (Å²) in [7, 11) is 0. The molecule has 0 heterocycles. The quantitative estimate of drug-likeness (QED) is 0.402. The highest BCUT2D eigenvalue weighted by atomic mass is 19.3. The lowest BCUT2D eigenvalue weighted by Gasteiger charge is -2.35. The Morgan fingerprint density at radius 3 is 2.40 bits per heavy atom. The smallest absolute Gasteiger partial charge is 0.345 e. The average molecular weight is 371 g/mol. The van der Waals surface area contributed by atoms with E-state index >= 15 is 0 Å². The summed E-state index contributed by atoms with van der Waals surface area (Å²) in [6, 6.07) is -0.736. The lowest BCUT2D eigenvalue weighted by Crippen LogP contribution is -2.54. The topological polar surface area (TPSA) is 82.0 Å². The van der Waals surface area contributed by atoms with E-state index in [-0.39, 0.29) is 24.3 Å². The molecule has 1 saturated carbocycles. The van der Waals surface area contributed by atoms with E-state index in [1.165, 1.54) is 6.08 Å². The minimum atomic E-state index is -3.01. The van der Waals surface area contributed by atoms with Gasteiger partial charge in [0.2, 0.25) is 5.92 Å². The van der Waals surface area contributed by atoms with Crippen LogP contribution in [-0.2, 0) is 4.74 Å². The van der Waals surface area contributed by atoms with Gasteiger partial charge in [-0.05, 0) is 37.3 Å². The molecule has 0 aliphatic heterocycles.